The van der Waals surface area contributed by atoms with Gasteiger partial charge in [0.25, 0.3) is 5.91 Å². The Bertz CT molecular complexity index is 1110. The Morgan fingerprint density at radius 1 is 1.32 bits per heavy atom. The maximum atomic E-state index is 13.1. The summed E-state index contributed by atoms with van der Waals surface area (Å²) in [6, 6.07) is 12.3. The fourth-order valence-corrected chi connectivity index (χ4v) is 3.31. The number of amides is 1. The van der Waals surface area contributed by atoms with Gasteiger partial charge in [0.05, 0.1) is 24.8 Å². The average Bonchev–Trinajstić information content (AvgIpc) is 3.21. The molecule has 0 saturated carbocycles. The summed E-state index contributed by atoms with van der Waals surface area (Å²) in [6.07, 6.45) is 1.31. The number of pyridine rings is 1. The third-order valence-electron chi connectivity index (χ3n) is 4.86. The molecule has 1 saturated heterocycles. The molecule has 0 N–H and O–H groups in total. The molecule has 31 heavy (non-hydrogen) atoms. The van der Waals surface area contributed by atoms with Gasteiger partial charge in [-0.3, -0.25) is 4.79 Å². The highest BCUT2D eigenvalue weighted by atomic mass is 16.7. The number of carbonyl (C=O) groups excluding carboxylic acids is 1. The van der Waals surface area contributed by atoms with Gasteiger partial charge in [-0.1, -0.05) is 4.85 Å². The predicted molar refractivity (Wildman–Crippen MR) is 109 cm³/mol. The summed E-state index contributed by atoms with van der Waals surface area (Å²) in [6.45, 7) is 4.85. The van der Waals surface area contributed by atoms with E-state index in [4.69, 9.17) is 19.6 Å². The lowest BCUT2D eigenvalue weighted by atomic mass is 10.1. The van der Waals surface area contributed by atoms with Gasteiger partial charge in [0, 0.05) is 12.7 Å². The van der Waals surface area contributed by atoms with E-state index in [2.05, 4.69) is 21.4 Å². The number of rotatable bonds is 6. The molecule has 1 aliphatic heterocycles. The van der Waals surface area contributed by atoms with Crippen LogP contribution in [0.1, 0.15) is 19.4 Å². The minimum Gasteiger partial charge on any atom is -0.478 e. The molecule has 0 aliphatic carbocycles. The maximum absolute atomic E-state index is 13.1. The number of carbonyl (C=O) groups is 1. The minimum atomic E-state index is -1.08. The molecule has 2 aromatic heterocycles. The number of nitrogens with zero attached hydrogens (tertiary/aromatic N) is 6. The molecular formula is C21H22N6O4. The highest BCUT2D eigenvalue weighted by Gasteiger charge is 2.37. The third-order valence-corrected chi connectivity index (χ3v) is 4.86. The van der Waals surface area contributed by atoms with E-state index in [0.717, 1.165) is 0 Å². The van der Waals surface area contributed by atoms with E-state index < -0.39 is 5.60 Å². The van der Waals surface area contributed by atoms with Crippen molar-refractivity contribution >= 4 is 17.1 Å². The predicted octanol–water partition coefficient (Wildman–Crippen LogP) is 1.21. The molecule has 3 aromatic rings. The topological polar surface area (TPSA) is 115 Å². The lowest BCUT2D eigenvalue weighted by Crippen LogP contribution is -2.55. The number of fused-ring (bicyclic) bond motifs is 1. The molecule has 1 unspecified atom stereocenters. The van der Waals surface area contributed by atoms with Gasteiger partial charge in [-0.2, -0.15) is 5.26 Å². The number of morpholine rings is 1. The first-order valence-electron chi connectivity index (χ1n) is 9.86. The van der Waals surface area contributed by atoms with Gasteiger partial charge >= 0.3 is 0 Å². The van der Waals surface area contributed by atoms with Crippen molar-refractivity contribution in [2.24, 2.45) is 0 Å². The second kappa shape index (κ2) is 8.57. The SMILES string of the molecule is CC(C)(Oc1ccc(C#N)cc1)C(=O)N1CCOC(COn2nnc3cccnc32)C1. The average molecular weight is 422 g/mol. The molecule has 1 fully saturated rings. The van der Waals surface area contributed by atoms with E-state index in [0.29, 0.717) is 42.2 Å². The van der Waals surface area contributed by atoms with Gasteiger partial charge in [-0.25, -0.2) is 4.98 Å². The van der Waals surface area contributed by atoms with Crippen LogP contribution in [0.4, 0.5) is 0 Å². The van der Waals surface area contributed by atoms with Crippen LogP contribution in [0.3, 0.4) is 0 Å². The van der Waals surface area contributed by atoms with Gasteiger partial charge in [0.2, 0.25) is 5.65 Å². The van der Waals surface area contributed by atoms with Gasteiger partial charge in [0.1, 0.15) is 24.0 Å². The summed E-state index contributed by atoms with van der Waals surface area (Å²) in [7, 11) is 0. The van der Waals surface area contributed by atoms with Crippen LogP contribution in [0.25, 0.3) is 11.2 Å². The summed E-state index contributed by atoms with van der Waals surface area (Å²) in [4.78, 5) is 26.0. The Morgan fingerprint density at radius 3 is 2.90 bits per heavy atom. The molecule has 4 rings (SSSR count). The third kappa shape index (κ3) is 4.57. The first kappa shape index (κ1) is 20.6. The lowest BCUT2D eigenvalue weighted by Gasteiger charge is -2.37. The monoisotopic (exact) mass is 422 g/mol. The fourth-order valence-electron chi connectivity index (χ4n) is 3.31. The lowest BCUT2D eigenvalue weighted by molar-refractivity contribution is -0.155. The molecule has 0 spiro atoms. The zero-order valence-electron chi connectivity index (χ0n) is 17.3. The Hall–Kier alpha value is -3.71. The van der Waals surface area contributed by atoms with E-state index in [-0.39, 0.29) is 18.6 Å². The zero-order chi connectivity index (χ0) is 21.8. The largest absolute Gasteiger partial charge is 0.478 e. The molecule has 10 nitrogen and oxygen atoms in total. The van der Waals surface area contributed by atoms with Crippen LogP contribution in [0.5, 0.6) is 5.75 Å². The normalized spacial score (nSPS) is 16.7. The second-order valence-corrected chi connectivity index (χ2v) is 7.60. The Labute approximate surface area is 178 Å². The van der Waals surface area contributed by atoms with Crippen LogP contribution in [0.15, 0.2) is 42.6 Å². The van der Waals surface area contributed by atoms with E-state index in [9.17, 15) is 4.79 Å². The molecule has 1 aliphatic rings. The van der Waals surface area contributed by atoms with Crippen molar-refractivity contribution < 1.29 is 19.1 Å². The summed E-state index contributed by atoms with van der Waals surface area (Å²) < 4.78 is 11.7. The first-order chi connectivity index (χ1) is 15.0. The van der Waals surface area contributed by atoms with Crippen molar-refractivity contribution in [3.63, 3.8) is 0 Å². The smallest absolute Gasteiger partial charge is 0.266 e. The van der Waals surface area contributed by atoms with Crippen LogP contribution in [-0.2, 0) is 9.53 Å². The molecule has 1 atom stereocenters. The van der Waals surface area contributed by atoms with Crippen molar-refractivity contribution in [1.82, 2.24) is 25.0 Å². The number of aromatic nitrogens is 4. The van der Waals surface area contributed by atoms with Crippen LogP contribution in [-0.4, -0.2) is 69.0 Å². The Balaban J connectivity index is 1.36. The minimum absolute atomic E-state index is 0.155. The van der Waals surface area contributed by atoms with Gasteiger partial charge in [-0.05, 0) is 55.5 Å². The Kier molecular flexibility index (Phi) is 5.68. The van der Waals surface area contributed by atoms with Crippen molar-refractivity contribution in [2.75, 3.05) is 26.3 Å². The highest BCUT2D eigenvalue weighted by Crippen LogP contribution is 2.22. The van der Waals surface area contributed by atoms with E-state index in [1.165, 1.54) is 4.85 Å². The quantitative estimate of drug-likeness (QED) is 0.582. The summed E-state index contributed by atoms with van der Waals surface area (Å²) in [5, 5.41) is 16.8. The fraction of sp³-hybridized carbons (Fsp3) is 0.381. The molecule has 1 aromatic carbocycles. The summed E-state index contributed by atoms with van der Waals surface area (Å²) >= 11 is 0. The van der Waals surface area contributed by atoms with Crippen LogP contribution in [0.2, 0.25) is 0 Å². The number of nitriles is 1. The second-order valence-electron chi connectivity index (χ2n) is 7.60. The van der Waals surface area contributed by atoms with E-state index in [1.54, 1.807) is 61.3 Å². The van der Waals surface area contributed by atoms with Crippen LogP contribution in [0, 0.1) is 11.3 Å². The van der Waals surface area contributed by atoms with Crippen molar-refractivity contribution in [2.45, 2.75) is 25.6 Å². The summed E-state index contributed by atoms with van der Waals surface area (Å²) in [5.74, 6) is 0.370. The molecule has 10 heteroatoms. The zero-order valence-corrected chi connectivity index (χ0v) is 17.3. The molecular weight excluding hydrogens is 400 g/mol. The molecule has 160 valence electrons. The molecule has 1 amide bonds. The number of hydrogen-bond donors (Lipinski definition) is 0. The maximum Gasteiger partial charge on any atom is 0.266 e. The Morgan fingerprint density at radius 2 is 2.13 bits per heavy atom. The van der Waals surface area contributed by atoms with Crippen LogP contribution < -0.4 is 9.57 Å². The molecule has 3 heterocycles. The highest BCUT2D eigenvalue weighted by molar-refractivity contribution is 5.85. The number of ether oxygens (including phenoxy) is 2. The van der Waals surface area contributed by atoms with E-state index in [1.807, 2.05) is 0 Å². The van der Waals surface area contributed by atoms with Crippen LogP contribution >= 0.6 is 0 Å². The molecule has 0 radical (unpaired) electrons. The van der Waals surface area contributed by atoms with Gasteiger partial charge in [0.15, 0.2) is 5.60 Å². The first-order valence-corrected chi connectivity index (χ1v) is 9.86. The van der Waals surface area contributed by atoms with E-state index >= 15 is 0 Å². The summed E-state index contributed by atoms with van der Waals surface area (Å²) in [5.41, 5.74) is 0.597. The number of hydrogen-bond acceptors (Lipinski definition) is 8. The van der Waals surface area contributed by atoms with Crippen molar-refractivity contribution in [3.05, 3.63) is 48.2 Å². The molecule has 0 bridgehead atoms. The standard InChI is InChI=1S/C21H22N6O4/c1-21(2,31-16-7-5-15(12-22)6-8-16)20(28)26-10-11-29-17(13-26)14-30-27-19-18(24-25-27)4-3-9-23-19/h3-9,17H,10-11,13-14H2,1-2H3. The van der Waals surface area contributed by atoms with Crippen molar-refractivity contribution in [3.8, 4) is 11.8 Å². The van der Waals surface area contributed by atoms with Gasteiger partial charge in [-0.15, -0.1) is 5.10 Å². The van der Waals surface area contributed by atoms with Gasteiger partial charge < -0.3 is 19.2 Å². The number of benzene rings is 1. The van der Waals surface area contributed by atoms with Crippen molar-refractivity contribution in [1.29, 1.82) is 5.26 Å².